The quantitative estimate of drug-likeness (QED) is 0.526. The lowest BCUT2D eigenvalue weighted by Gasteiger charge is -2.22. The highest BCUT2D eigenvalue weighted by Gasteiger charge is 2.39. The minimum Gasteiger partial charge on any atom is -0.394 e. The summed E-state index contributed by atoms with van der Waals surface area (Å²) >= 11 is 0. The Labute approximate surface area is 76.9 Å². The maximum absolute atomic E-state index is 9.43. The zero-order valence-electron chi connectivity index (χ0n) is 7.80. The van der Waals surface area contributed by atoms with Crippen LogP contribution in [0.25, 0.3) is 0 Å². The van der Waals surface area contributed by atoms with Gasteiger partial charge in [-0.3, -0.25) is 0 Å². The molecule has 3 N–H and O–H groups in total. The van der Waals surface area contributed by atoms with Gasteiger partial charge in [0.15, 0.2) is 5.79 Å². The molecule has 1 aliphatic heterocycles. The Morgan fingerprint density at radius 1 is 1.46 bits per heavy atom. The van der Waals surface area contributed by atoms with Crippen molar-refractivity contribution in [3.8, 4) is 0 Å². The first-order valence-electron chi connectivity index (χ1n) is 4.25. The molecule has 0 aliphatic carbocycles. The third-order valence-corrected chi connectivity index (χ3v) is 1.99. The Kier molecular flexibility index (Phi) is 3.26. The van der Waals surface area contributed by atoms with E-state index < -0.39 is 30.7 Å². The van der Waals surface area contributed by atoms with Crippen molar-refractivity contribution < 1.29 is 24.8 Å². The summed E-state index contributed by atoms with van der Waals surface area (Å²) in [5.74, 6) is -0.721. The smallest absolute Gasteiger partial charge is 0.163 e. The van der Waals surface area contributed by atoms with Gasteiger partial charge in [0.25, 0.3) is 0 Å². The zero-order chi connectivity index (χ0) is 10.1. The van der Waals surface area contributed by atoms with Crippen molar-refractivity contribution in [2.75, 3.05) is 13.2 Å². The summed E-state index contributed by atoms with van der Waals surface area (Å²) < 4.78 is 10.5. The average molecular weight is 192 g/mol. The van der Waals surface area contributed by atoms with Crippen LogP contribution >= 0.6 is 0 Å². The largest absolute Gasteiger partial charge is 0.394 e. The van der Waals surface area contributed by atoms with Crippen LogP contribution in [0, 0.1) is 0 Å². The molecule has 78 valence electrons. The van der Waals surface area contributed by atoms with Crippen molar-refractivity contribution >= 4 is 0 Å². The molecule has 5 heteroatoms. The molecule has 1 rings (SSSR count). The highest BCUT2D eigenvalue weighted by atomic mass is 16.7. The third kappa shape index (κ3) is 2.62. The summed E-state index contributed by atoms with van der Waals surface area (Å²) in [6.45, 7) is 3.20. The first kappa shape index (κ1) is 10.9. The summed E-state index contributed by atoms with van der Waals surface area (Å²) in [7, 11) is 0. The summed E-state index contributed by atoms with van der Waals surface area (Å²) in [5, 5.41) is 27.1. The molecule has 1 fully saturated rings. The van der Waals surface area contributed by atoms with Crippen LogP contribution in [-0.2, 0) is 9.47 Å². The predicted molar refractivity (Wildman–Crippen MR) is 44.0 cm³/mol. The molecule has 0 bridgehead atoms. The summed E-state index contributed by atoms with van der Waals surface area (Å²) in [6, 6.07) is 0. The van der Waals surface area contributed by atoms with Gasteiger partial charge in [-0.25, -0.2) is 0 Å². The van der Waals surface area contributed by atoms with Crippen LogP contribution in [-0.4, -0.2) is 52.6 Å². The van der Waals surface area contributed by atoms with E-state index in [2.05, 4.69) is 0 Å². The van der Waals surface area contributed by atoms with Gasteiger partial charge in [0, 0.05) is 0 Å². The molecular formula is C8H16O5. The number of hydrogen-bond donors (Lipinski definition) is 3. The molecular weight excluding hydrogens is 176 g/mol. The Hall–Kier alpha value is -0.200. The van der Waals surface area contributed by atoms with Gasteiger partial charge in [0.1, 0.15) is 18.3 Å². The molecule has 0 aromatic heterocycles. The molecule has 0 aromatic rings. The van der Waals surface area contributed by atoms with Crippen molar-refractivity contribution in [1.29, 1.82) is 0 Å². The highest BCUT2D eigenvalue weighted by molar-refractivity contribution is 4.81. The number of hydrogen-bond acceptors (Lipinski definition) is 5. The van der Waals surface area contributed by atoms with Crippen LogP contribution in [0.2, 0.25) is 0 Å². The molecule has 0 radical (unpaired) electrons. The molecule has 0 unspecified atom stereocenters. The Balaban J connectivity index is 2.46. The Bertz CT molecular complexity index is 170. The molecule has 0 saturated carbocycles. The van der Waals surface area contributed by atoms with Gasteiger partial charge in [-0.1, -0.05) is 0 Å². The molecule has 1 aliphatic rings. The summed E-state index contributed by atoms with van der Waals surface area (Å²) in [4.78, 5) is 0. The summed E-state index contributed by atoms with van der Waals surface area (Å²) in [6.07, 6.45) is -2.86. The van der Waals surface area contributed by atoms with Crippen molar-refractivity contribution in [3.05, 3.63) is 0 Å². The van der Waals surface area contributed by atoms with E-state index in [-0.39, 0.29) is 6.61 Å². The van der Waals surface area contributed by atoms with Crippen LogP contribution in [0.15, 0.2) is 0 Å². The van der Waals surface area contributed by atoms with E-state index in [1.165, 1.54) is 0 Å². The first-order chi connectivity index (χ1) is 5.96. The molecule has 0 spiro atoms. The van der Waals surface area contributed by atoms with E-state index >= 15 is 0 Å². The average Bonchev–Trinajstić information content (AvgIpc) is 2.43. The normalized spacial score (nSPS) is 31.6. The van der Waals surface area contributed by atoms with E-state index in [1.54, 1.807) is 13.8 Å². The van der Waals surface area contributed by atoms with E-state index in [4.69, 9.17) is 19.7 Å². The van der Waals surface area contributed by atoms with Crippen molar-refractivity contribution in [2.45, 2.75) is 37.9 Å². The van der Waals surface area contributed by atoms with Crippen LogP contribution < -0.4 is 0 Å². The summed E-state index contributed by atoms with van der Waals surface area (Å²) in [5.41, 5.74) is 0. The second kappa shape index (κ2) is 3.89. The number of aliphatic hydroxyl groups is 3. The fraction of sp³-hybridized carbons (Fsp3) is 1.00. The lowest BCUT2D eigenvalue weighted by atomic mass is 10.1. The van der Waals surface area contributed by atoms with E-state index in [9.17, 15) is 5.11 Å². The van der Waals surface area contributed by atoms with Gasteiger partial charge in [-0.05, 0) is 13.8 Å². The maximum atomic E-state index is 9.43. The standard InChI is InChI=1S/C8H16O5/c1-8(2)12-4-6(13-8)7(11)5(10)3-9/h5-7,9-11H,3-4H2,1-2H3/t5-,6+,7+/m0/s1. The molecule has 0 amide bonds. The van der Waals surface area contributed by atoms with Gasteiger partial charge in [-0.15, -0.1) is 0 Å². The number of aliphatic hydroxyl groups excluding tert-OH is 3. The second-order valence-corrected chi connectivity index (χ2v) is 3.61. The Morgan fingerprint density at radius 2 is 2.08 bits per heavy atom. The van der Waals surface area contributed by atoms with Crippen molar-refractivity contribution in [2.24, 2.45) is 0 Å². The fourth-order valence-electron chi connectivity index (χ4n) is 1.24. The van der Waals surface area contributed by atoms with Gasteiger partial charge in [0.2, 0.25) is 0 Å². The minimum atomic E-state index is -1.18. The van der Waals surface area contributed by atoms with Crippen molar-refractivity contribution in [1.82, 2.24) is 0 Å². The van der Waals surface area contributed by atoms with Crippen LogP contribution in [0.5, 0.6) is 0 Å². The van der Waals surface area contributed by atoms with Gasteiger partial charge < -0.3 is 24.8 Å². The van der Waals surface area contributed by atoms with Crippen LogP contribution in [0.4, 0.5) is 0 Å². The SMILES string of the molecule is CC1(C)OC[C@H]([C@H](O)[C@@H](O)CO)O1. The first-order valence-corrected chi connectivity index (χ1v) is 4.25. The molecule has 1 saturated heterocycles. The topological polar surface area (TPSA) is 79.2 Å². The Morgan fingerprint density at radius 3 is 2.46 bits per heavy atom. The van der Waals surface area contributed by atoms with E-state index in [1.807, 2.05) is 0 Å². The zero-order valence-corrected chi connectivity index (χ0v) is 7.80. The van der Waals surface area contributed by atoms with Crippen LogP contribution in [0.3, 0.4) is 0 Å². The highest BCUT2D eigenvalue weighted by Crippen LogP contribution is 2.24. The molecule has 0 aromatic carbocycles. The monoisotopic (exact) mass is 192 g/mol. The third-order valence-electron chi connectivity index (χ3n) is 1.99. The maximum Gasteiger partial charge on any atom is 0.163 e. The lowest BCUT2D eigenvalue weighted by Crippen LogP contribution is -2.41. The van der Waals surface area contributed by atoms with Gasteiger partial charge in [-0.2, -0.15) is 0 Å². The van der Waals surface area contributed by atoms with Gasteiger partial charge in [0.05, 0.1) is 13.2 Å². The predicted octanol–water partition coefficient (Wildman–Crippen LogP) is -1.15. The second-order valence-electron chi connectivity index (χ2n) is 3.61. The van der Waals surface area contributed by atoms with Crippen molar-refractivity contribution in [3.63, 3.8) is 0 Å². The molecule has 1 heterocycles. The molecule has 13 heavy (non-hydrogen) atoms. The number of ether oxygens (including phenoxy) is 2. The molecule has 5 nitrogen and oxygen atoms in total. The minimum absolute atomic E-state index is 0.227. The van der Waals surface area contributed by atoms with Gasteiger partial charge >= 0.3 is 0 Å². The van der Waals surface area contributed by atoms with E-state index in [0.717, 1.165) is 0 Å². The van der Waals surface area contributed by atoms with Crippen LogP contribution in [0.1, 0.15) is 13.8 Å². The molecule has 3 atom stereocenters. The lowest BCUT2D eigenvalue weighted by molar-refractivity contribution is -0.162. The van der Waals surface area contributed by atoms with E-state index in [0.29, 0.717) is 0 Å². The fourth-order valence-corrected chi connectivity index (χ4v) is 1.24. The number of rotatable bonds is 3.